The van der Waals surface area contributed by atoms with Gasteiger partial charge in [0.15, 0.2) is 0 Å². The van der Waals surface area contributed by atoms with E-state index >= 15 is 0 Å². The molecule has 0 unspecified atom stereocenters. The molecule has 2 aromatic rings. The van der Waals surface area contributed by atoms with Gasteiger partial charge in [-0.15, -0.1) is 0 Å². The van der Waals surface area contributed by atoms with Crippen LogP contribution in [0.1, 0.15) is 12.7 Å². The Morgan fingerprint density at radius 2 is 1.86 bits per heavy atom. The maximum Gasteiger partial charge on any atom is 0.121 e. The maximum atomic E-state index is 5.52. The van der Waals surface area contributed by atoms with Crippen LogP contribution >= 0.6 is 0 Å². The van der Waals surface area contributed by atoms with Gasteiger partial charge < -0.3 is 19.2 Å². The van der Waals surface area contributed by atoms with Crippen molar-refractivity contribution in [2.24, 2.45) is 0 Å². The second-order valence-corrected chi connectivity index (χ2v) is 5.06. The summed E-state index contributed by atoms with van der Waals surface area (Å²) in [7, 11) is 3.43. The van der Waals surface area contributed by atoms with Crippen LogP contribution in [0.5, 0.6) is 5.75 Å². The lowest BCUT2D eigenvalue weighted by molar-refractivity contribution is 0.109. The number of rotatable bonds is 10. The SMILES string of the molecule is CCOc1ccc2nc(CN(CCOC)CCOC)[nH]c2c1. The molecule has 0 spiro atoms. The van der Waals surface area contributed by atoms with Crippen LogP contribution in [-0.4, -0.2) is 62.0 Å². The summed E-state index contributed by atoms with van der Waals surface area (Å²) >= 11 is 0. The maximum absolute atomic E-state index is 5.52. The van der Waals surface area contributed by atoms with Crippen molar-refractivity contribution in [3.05, 3.63) is 24.0 Å². The Morgan fingerprint density at radius 3 is 2.50 bits per heavy atom. The highest BCUT2D eigenvalue weighted by Gasteiger charge is 2.10. The zero-order chi connectivity index (χ0) is 15.8. The fourth-order valence-electron chi connectivity index (χ4n) is 2.30. The third-order valence-electron chi connectivity index (χ3n) is 3.41. The summed E-state index contributed by atoms with van der Waals surface area (Å²) in [4.78, 5) is 10.3. The van der Waals surface area contributed by atoms with Gasteiger partial charge in [0.05, 0.1) is 37.4 Å². The summed E-state index contributed by atoms with van der Waals surface area (Å²) in [6.45, 7) is 6.46. The molecule has 22 heavy (non-hydrogen) atoms. The first-order valence-electron chi connectivity index (χ1n) is 7.58. The quantitative estimate of drug-likeness (QED) is 0.728. The first-order chi connectivity index (χ1) is 10.8. The van der Waals surface area contributed by atoms with Crippen LogP contribution in [0.3, 0.4) is 0 Å². The van der Waals surface area contributed by atoms with Crippen LogP contribution in [0.4, 0.5) is 0 Å². The molecule has 1 heterocycles. The van der Waals surface area contributed by atoms with E-state index in [-0.39, 0.29) is 0 Å². The van der Waals surface area contributed by atoms with Gasteiger partial charge in [0, 0.05) is 33.4 Å². The molecule has 0 aliphatic rings. The Kier molecular flexibility index (Phi) is 6.64. The second-order valence-electron chi connectivity index (χ2n) is 5.06. The van der Waals surface area contributed by atoms with Crippen molar-refractivity contribution in [1.29, 1.82) is 0 Å². The summed E-state index contributed by atoms with van der Waals surface area (Å²) in [5, 5.41) is 0. The predicted octanol–water partition coefficient (Wildman–Crippen LogP) is 2.06. The van der Waals surface area contributed by atoms with E-state index in [0.717, 1.165) is 42.2 Å². The number of aromatic amines is 1. The summed E-state index contributed by atoms with van der Waals surface area (Å²) in [5.74, 6) is 1.80. The first-order valence-corrected chi connectivity index (χ1v) is 7.58. The average molecular weight is 307 g/mol. The third-order valence-corrected chi connectivity index (χ3v) is 3.41. The van der Waals surface area contributed by atoms with Crippen LogP contribution in [0, 0.1) is 0 Å². The summed E-state index contributed by atoms with van der Waals surface area (Å²) in [5.41, 5.74) is 1.95. The molecule has 6 nitrogen and oxygen atoms in total. The number of methoxy groups -OCH3 is 2. The molecular formula is C16H25N3O3. The van der Waals surface area contributed by atoms with E-state index in [4.69, 9.17) is 14.2 Å². The molecule has 0 bridgehead atoms. The number of imidazole rings is 1. The minimum absolute atomic E-state index is 0.661. The van der Waals surface area contributed by atoms with Crippen molar-refractivity contribution in [2.45, 2.75) is 13.5 Å². The molecule has 1 N–H and O–H groups in total. The summed E-state index contributed by atoms with van der Waals surface area (Å²) in [6.07, 6.45) is 0. The molecule has 0 radical (unpaired) electrons. The number of nitrogens with zero attached hydrogens (tertiary/aromatic N) is 2. The van der Waals surface area contributed by atoms with Gasteiger partial charge in [-0.1, -0.05) is 0 Å². The fraction of sp³-hybridized carbons (Fsp3) is 0.562. The molecule has 0 aliphatic heterocycles. The normalized spacial score (nSPS) is 11.5. The number of hydrogen-bond acceptors (Lipinski definition) is 5. The number of benzene rings is 1. The zero-order valence-corrected chi connectivity index (χ0v) is 13.6. The topological polar surface area (TPSA) is 59.6 Å². The van der Waals surface area contributed by atoms with Gasteiger partial charge in [-0.25, -0.2) is 4.98 Å². The molecule has 122 valence electrons. The highest BCUT2D eigenvalue weighted by molar-refractivity contribution is 5.76. The van der Waals surface area contributed by atoms with Crippen LogP contribution < -0.4 is 4.74 Å². The molecule has 2 rings (SSSR count). The minimum atomic E-state index is 0.661. The Bertz CT molecular complexity index is 563. The van der Waals surface area contributed by atoms with Crippen molar-refractivity contribution < 1.29 is 14.2 Å². The molecule has 0 fully saturated rings. The average Bonchev–Trinajstić information content (AvgIpc) is 2.92. The number of nitrogens with one attached hydrogen (secondary N) is 1. The van der Waals surface area contributed by atoms with Gasteiger partial charge in [0.2, 0.25) is 0 Å². The Morgan fingerprint density at radius 1 is 1.14 bits per heavy atom. The number of hydrogen-bond donors (Lipinski definition) is 1. The van der Waals surface area contributed by atoms with Crippen molar-refractivity contribution >= 4 is 11.0 Å². The van der Waals surface area contributed by atoms with Gasteiger partial charge in [-0.05, 0) is 19.1 Å². The number of H-pyrrole nitrogens is 1. The molecule has 0 amide bonds. The van der Waals surface area contributed by atoms with Crippen molar-refractivity contribution in [1.82, 2.24) is 14.9 Å². The Hall–Kier alpha value is -1.63. The van der Waals surface area contributed by atoms with Crippen LogP contribution in [0.25, 0.3) is 11.0 Å². The number of ether oxygens (including phenoxy) is 3. The van der Waals surface area contributed by atoms with Crippen molar-refractivity contribution in [3.63, 3.8) is 0 Å². The summed E-state index contributed by atoms with van der Waals surface area (Å²) in [6, 6.07) is 5.92. The van der Waals surface area contributed by atoms with E-state index in [1.54, 1.807) is 14.2 Å². The molecular weight excluding hydrogens is 282 g/mol. The number of fused-ring (bicyclic) bond motifs is 1. The van der Waals surface area contributed by atoms with E-state index in [9.17, 15) is 0 Å². The fourth-order valence-corrected chi connectivity index (χ4v) is 2.30. The Balaban J connectivity index is 2.07. The lowest BCUT2D eigenvalue weighted by Crippen LogP contribution is -2.30. The third kappa shape index (κ3) is 4.69. The van der Waals surface area contributed by atoms with Crippen LogP contribution in [0.2, 0.25) is 0 Å². The Labute approximate surface area is 131 Å². The monoisotopic (exact) mass is 307 g/mol. The summed E-state index contributed by atoms with van der Waals surface area (Å²) < 4.78 is 15.8. The van der Waals surface area contributed by atoms with E-state index in [1.165, 1.54) is 0 Å². The molecule has 0 atom stereocenters. The lowest BCUT2D eigenvalue weighted by atomic mass is 10.3. The predicted molar refractivity (Wildman–Crippen MR) is 86.3 cm³/mol. The molecule has 1 aromatic heterocycles. The van der Waals surface area contributed by atoms with Gasteiger partial charge in [0.25, 0.3) is 0 Å². The smallest absolute Gasteiger partial charge is 0.121 e. The minimum Gasteiger partial charge on any atom is -0.494 e. The van der Waals surface area contributed by atoms with E-state index in [1.807, 2.05) is 25.1 Å². The number of aromatic nitrogens is 2. The highest BCUT2D eigenvalue weighted by Crippen LogP contribution is 2.19. The van der Waals surface area contributed by atoms with Crippen LogP contribution in [-0.2, 0) is 16.0 Å². The largest absolute Gasteiger partial charge is 0.494 e. The lowest BCUT2D eigenvalue weighted by Gasteiger charge is -2.20. The molecule has 0 saturated carbocycles. The molecule has 0 aliphatic carbocycles. The van der Waals surface area contributed by atoms with E-state index in [0.29, 0.717) is 19.8 Å². The molecule has 6 heteroatoms. The first kappa shape index (κ1) is 16.7. The van der Waals surface area contributed by atoms with Crippen molar-refractivity contribution in [2.75, 3.05) is 47.1 Å². The van der Waals surface area contributed by atoms with Gasteiger partial charge in [-0.3, -0.25) is 4.90 Å². The molecule has 0 saturated heterocycles. The van der Waals surface area contributed by atoms with Gasteiger partial charge in [-0.2, -0.15) is 0 Å². The van der Waals surface area contributed by atoms with E-state index in [2.05, 4.69) is 14.9 Å². The van der Waals surface area contributed by atoms with Gasteiger partial charge in [0.1, 0.15) is 11.6 Å². The standard InChI is InChI=1S/C16H25N3O3/c1-4-22-13-5-6-14-15(11-13)18-16(17-14)12-19(7-9-20-2)8-10-21-3/h5-6,11H,4,7-10,12H2,1-3H3,(H,17,18). The molecule has 1 aromatic carbocycles. The zero-order valence-electron chi connectivity index (χ0n) is 13.6. The van der Waals surface area contributed by atoms with Gasteiger partial charge >= 0.3 is 0 Å². The highest BCUT2D eigenvalue weighted by atomic mass is 16.5. The van der Waals surface area contributed by atoms with Crippen molar-refractivity contribution in [3.8, 4) is 5.75 Å². The van der Waals surface area contributed by atoms with E-state index < -0.39 is 0 Å². The van der Waals surface area contributed by atoms with Crippen LogP contribution in [0.15, 0.2) is 18.2 Å². The second kappa shape index (κ2) is 8.73.